The lowest BCUT2D eigenvalue weighted by Gasteiger charge is -2.18. The van der Waals surface area contributed by atoms with Gasteiger partial charge in [-0.05, 0) is 42.3 Å². The van der Waals surface area contributed by atoms with Crippen LogP contribution in [0.4, 0.5) is 5.69 Å². The Balaban J connectivity index is 2.24. The molecule has 4 heteroatoms. The number of amides is 1. The second-order valence-electron chi connectivity index (χ2n) is 4.74. The minimum atomic E-state index is -0.166. The summed E-state index contributed by atoms with van der Waals surface area (Å²) in [6.45, 7) is 2.27. The number of carbonyl (C=O) groups excluding carboxylic acids is 1. The summed E-state index contributed by atoms with van der Waals surface area (Å²) < 4.78 is 0. The Labute approximate surface area is 118 Å². The van der Waals surface area contributed by atoms with Crippen molar-refractivity contribution >= 4 is 11.6 Å². The number of nitrogens with two attached hydrogens (primary N) is 1. The van der Waals surface area contributed by atoms with Gasteiger partial charge in [-0.3, -0.25) is 4.79 Å². The predicted molar refractivity (Wildman–Crippen MR) is 79.9 cm³/mol. The van der Waals surface area contributed by atoms with E-state index in [0.29, 0.717) is 12.1 Å². The molecular weight excluding hydrogens is 252 g/mol. The van der Waals surface area contributed by atoms with Gasteiger partial charge in [-0.2, -0.15) is 0 Å². The van der Waals surface area contributed by atoms with E-state index < -0.39 is 0 Å². The van der Waals surface area contributed by atoms with Gasteiger partial charge < -0.3 is 15.7 Å². The highest BCUT2D eigenvalue weighted by molar-refractivity contribution is 6.06. The zero-order valence-corrected chi connectivity index (χ0v) is 11.6. The molecule has 104 valence electrons. The molecule has 0 heterocycles. The van der Waals surface area contributed by atoms with Gasteiger partial charge in [0.05, 0.1) is 0 Å². The highest BCUT2D eigenvalue weighted by Crippen LogP contribution is 2.21. The van der Waals surface area contributed by atoms with E-state index in [1.807, 2.05) is 24.3 Å². The van der Waals surface area contributed by atoms with Crippen molar-refractivity contribution in [2.75, 3.05) is 11.9 Å². The summed E-state index contributed by atoms with van der Waals surface area (Å²) in [5.74, 6) is -0.0384. The topological polar surface area (TPSA) is 66.6 Å². The molecule has 0 unspecified atom stereocenters. The number of hydrogen-bond acceptors (Lipinski definition) is 3. The van der Waals surface area contributed by atoms with Crippen LogP contribution in [0.3, 0.4) is 0 Å². The molecule has 0 radical (unpaired) electrons. The summed E-state index contributed by atoms with van der Waals surface area (Å²) in [6.07, 6.45) is 0. The number of aromatic hydroxyl groups is 1. The largest absolute Gasteiger partial charge is 0.508 e. The van der Waals surface area contributed by atoms with Crippen LogP contribution in [0.1, 0.15) is 21.5 Å². The number of carbonyl (C=O) groups is 1. The third-order valence-electron chi connectivity index (χ3n) is 3.32. The molecule has 0 atom stereocenters. The van der Waals surface area contributed by atoms with Crippen LogP contribution in [0.5, 0.6) is 5.75 Å². The molecule has 0 saturated heterocycles. The van der Waals surface area contributed by atoms with Gasteiger partial charge in [0.25, 0.3) is 5.91 Å². The maximum absolute atomic E-state index is 12.4. The van der Waals surface area contributed by atoms with E-state index in [4.69, 9.17) is 5.73 Å². The van der Waals surface area contributed by atoms with Crippen LogP contribution >= 0.6 is 0 Å². The lowest BCUT2D eigenvalue weighted by Crippen LogP contribution is -2.26. The second-order valence-corrected chi connectivity index (χ2v) is 4.74. The monoisotopic (exact) mass is 270 g/mol. The smallest absolute Gasteiger partial charge is 0.258 e. The third-order valence-corrected chi connectivity index (χ3v) is 3.32. The Kier molecular flexibility index (Phi) is 4.05. The van der Waals surface area contributed by atoms with E-state index in [-0.39, 0.29) is 11.7 Å². The van der Waals surface area contributed by atoms with Gasteiger partial charge in [0.15, 0.2) is 0 Å². The molecule has 20 heavy (non-hydrogen) atoms. The van der Waals surface area contributed by atoms with E-state index in [0.717, 1.165) is 16.8 Å². The molecule has 0 fully saturated rings. The SMILES string of the molecule is Cc1ccc(C(=O)N(C)c2ccc(CN)cc2)cc1O. The van der Waals surface area contributed by atoms with E-state index in [2.05, 4.69) is 0 Å². The molecule has 3 N–H and O–H groups in total. The van der Waals surface area contributed by atoms with E-state index in [9.17, 15) is 9.90 Å². The molecule has 0 aliphatic carbocycles. The lowest BCUT2D eigenvalue weighted by atomic mass is 10.1. The first-order valence-corrected chi connectivity index (χ1v) is 6.39. The molecule has 0 aliphatic heterocycles. The fourth-order valence-electron chi connectivity index (χ4n) is 1.91. The van der Waals surface area contributed by atoms with Crippen molar-refractivity contribution < 1.29 is 9.90 Å². The van der Waals surface area contributed by atoms with Crippen LogP contribution < -0.4 is 10.6 Å². The minimum absolute atomic E-state index is 0.128. The highest BCUT2D eigenvalue weighted by atomic mass is 16.3. The minimum Gasteiger partial charge on any atom is -0.508 e. The van der Waals surface area contributed by atoms with Crippen LogP contribution in [0.2, 0.25) is 0 Å². The number of rotatable bonds is 3. The molecule has 0 aliphatic rings. The number of phenols is 1. The zero-order chi connectivity index (χ0) is 14.7. The van der Waals surface area contributed by atoms with Crippen LogP contribution in [0.25, 0.3) is 0 Å². The number of aryl methyl sites for hydroxylation is 1. The van der Waals surface area contributed by atoms with Crippen molar-refractivity contribution in [3.05, 3.63) is 59.2 Å². The van der Waals surface area contributed by atoms with Gasteiger partial charge >= 0.3 is 0 Å². The summed E-state index contributed by atoms with van der Waals surface area (Å²) in [6, 6.07) is 12.4. The van der Waals surface area contributed by atoms with Crippen molar-refractivity contribution in [3.8, 4) is 5.75 Å². The van der Waals surface area contributed by atoms with Gasteiger partial charge in [0, 0.05) is 24.8 Å². The second kappa shape index (κ2) is 5.75. The highest BCUT2D eigenvalue weighted by Gasteiger charge is 2.14. The molecule has 2 rings (SSSR count). The van der Waals surface area contributed by atoms with Gasteiger partial charge in [-0.1, -0.05) is 18.2 Å². The summed E-state index contributed by atoms with van der Waals surface area (Å²) >= 11 is 0. The molecule has 0 spiro atoms. The average Bonchev–Trinajstić information content (AvgIpc) is 2.48. The van der Waals surface area contributed by atoms with Crippen molar-refractivity contribution in [1.82, 2.24) is 0 Å². The molecule has 2 aromatic carbocycles. The van der Waals surface area contributed by atoms with Gasteiger partial charge in [-0.15, -0.1) is 0 Å². The molecule has 0 aromatic heterocycles. The van der Waals surface area contributed by atoms with Gasteiger partial charge in [0.2, 0.25) is 0 Å². The Hall–Kier alpha value is -2.33. The summed E-state index contributed by atoms with van der Waals surface area (Å²) in [4.78, 5) is 13.9. The van der Waals surface area contributed by atoms with Gasteiger partial charge in [-0.25, -0.2) is 0 Å². The first kappa shape index (κ1) is 14.1. The summed E-state index contributed by atoms with van der Waals surface area (Å²) in [7, 11) is 1.71. The number of phenolic OH excluding ortho intramolecular Hbond substituents is 1. The standard InChI is InChI=1S/C16H18N2O2/c1-11-3-6-13(9-15(11)19)16(20)18(2)14-7-4-12(10-17)5-8-14/h3-9,19H,10,17H2,1-2H3. The van der Waals surface area contributed by atoms with E-state index in [1.54, 1.807) is 31.0 Å². The Morgan fingerprint density at radius 2 is 1.85 bits per heavy atom. The number of hydrogen-bond donors (Lipinski definition) is 2. The van der Waals surface area contributed by atoms with E-state index >= 15 is 0 Å². The molecule has 0 bridgehead atoms. The number of benzene rings is 2. The van der Waals surface area contributed by atoms with Crippen LogP contribution in [0.15, 0.2) is 42.5 Å². The fraction of sp³-hybridized carbons (Fsp3) is 0.188. The van der Waals surface area contributed by atoms with E-state index in [1.165, 1.54) is 6.07 Å². The predicted octanol–water partition coefficient (Wildman–Crippen LogP) is 2.44. The number of anilines is 1. The molecule has 1 amide bonds. The Bertz CT molecular complexity index is 621. The van der Waals surface area contributed by atoms with Crippen molar-refractivity contribution in [2.45, 2.75) is 13.5 Å². The van der Waals surface area contributed by atoms with Crippen molar-refractivity contribution in [1.29, 1.82) is 0 Å². The Morgan fingerprint density at radius 3 is 2.40 bits per heavy atom. The first-order valence-electron chi connectivity index (χ1n) is 6.39. The third kappa shape index (κ3) is 2.81. The maximum atomic E-state index is 12.4. The van der Waals surface area contributed by atoms with Crippen molar-refractivity contribution in [2.24, 2.45) is 5.73 Å². The average molecular weight is 270 g/mol. The van der Waals surface area contributed by atoms with Crippen LogP contribution in [-0.2, 0) is 6.54 Å². The molecular formula is C16H18N2O2. The quantitative estimate of drug-likeness (QED) is 0.900. The normalized spacial score (nSPS) is 10.3. The molecule has 2 aromatic rings. The first-order chi connectivity index (χ1) is 9.52. The lowest BCUT2D eigenvalue weighted by molar-refractivity contribution is 0.0992. The number of nitrogens with zero attached hydrogens (tertiary/aromatic N) is 1. The summed E-state index contributed by atoms with van der Waals surface area (Å²) in [5, 5.41) is 9.69. The zero-order valence-electron chi connectivity index (χ0n) is 11.6. The van der Waals surface area contributed by atoms with Crippen molar-refractivity contribution in [3.63, 3.8) is 0 Å². The van der Waals surface area contributed by atoms with Crippen LogP contribution in [-0.4, -0.2) is 18.1 Å². The van der Waals surface area contributed by atoms with Crippen LogP contribution in [0, 0.1) is 6.92 Å². The fourth-order valence-corrected chi connectivity index (χ4v) is 1.91. The van der Waals surface area contributed by atoms with Gasteiger partial charge in [0.1, 0.15) is 5.75 Å². The summed E-state index contributed by atoms with van der Waals surface area (Å²) in [5.41, 5.74) is 8.55. The molecule has 0 saturated carbocycles. The Morgan fingerprint density at radius 1 is 1.20 bits per heavy atom. The maximum Gasteiger partial charge on any atom is 0.258 e. The molecule has 4 nitrogen and oxygen atoms in total.